The summed E-state index contributed by atoms with van der Waals surface area (Å²) in [5, 5.41) is 3.68. The van der Waals surface area contributed by atoms with Crippen molar-refractivity contribution < 1.29 is 4.79 Å². The minimum atomic E-state index is -0.133. The lowest BCUT2D eigenvalue weighted by Crippen LogP contribution is -2.41. The molecule has 4 heteroatoms. The summed E-state index contributed by atoms with van der Waals surface area (Å²) in [7, 11) is 0. The van der Waals surface area contributed by atoms with Crippen LogP contribution in [0.4, 0.5) is 0 Å². The third-order valence-electron chi connectivity index (χ3n) is 4.10. The predicted octanol–water partition coefficient (Wildman–Crippen LogP) is 3.01. The molecule has 0 saturated heterocycles. The zero-order valence-corrected chi connectivity index (χ0v) is 13.5. The van der Waals surface area contributed by atoms with Gasteiger partial charge in [-0.05, 0) is 56.7 Å². The Bertz CT molecular complexity index is 438. The summed E-state index contributed by atoms with van der Waals surface area (Å²) in [6.07, 6.45) is 5.00. The van der Waals surface area contributed by atoms with Gasteiger partial charge in [0, 0.05) is 22.5 Å². The smallest absolute Gasteiger partial charge is 0.220 e. The number of carbonyl (C=O) groups excluding carboxylic acids is 1. The molecule has 1 aliphatic rings. The van der Waals surface area contributed by atoms with E-state index < -0.39 is 0 Å². The number of carbonyl (C=O) groups is 1. The second kappa shape index (κ2) is 7.23. The number of rotatable bonds is 5. The molecule has 0 bridgehead atoms. The molecule has 1 atom stereocenters. The number of benzene rings is 1. The van der Waals surface area contributed by atoms with Crippen LogP contribution in [0, 0.1) is 5.92 Å². The van der Waals surface area contributed by atoms with Crippen molar-refractivity contribution in [2.24, 2.45) is 11.7 Å². The number of halogens is 1. The zero-order valence-electron chi connectivity index (χ0n) is 11.9. The van der Waals surface area contributed by atoms with E-state index in [1.165, 1.54) is 5.56 Å². The number of amides is 1. The molecule has 0 aromatic heterocycles. The molecule has 1 amide bonds. The van der Waals surface area contributed by atoms with E-state index in [2.05, 4.69) is 52.4 Å². The van der Waals surface area contributed by atoms with Crippen LogP contribution in [-0.2, 0) is 11.2 Å². The Morgan fingerprint density at radius 2 is 1.90 bits per heavy atom. The van der Waals surface area contributed by atoms with Gasteiger partial charge in [0.2, 0.25) is 5.91 Å². The topological polar surface area (TPSA) is 55.1 Å². The highest BCUT2D eigenvalue weighted by Crippen LogP contribution is 2.24. The van der Waals surface area contributed by atoms with E-state index in [9.17, 15) is 4.79 Å². The third kappa shape index (κ3) is 4.60. The molecule has 110 valence electrons. The van der Waals surface area contributed by atoms with Gasteiger partial charge in [-0.15, -0.1) is 0 Å². The Morgan fingerprint density at radius 1 is 1.30 bits per heavy atom. The monoisotopic (exact) mass is 338 g/mol. The van der Waals surface area contributed by atoms with Gasteiger partial charge in [0.05, 0.1) is 0 Å². The van der Waals surface area contributed by atoms with E-state index in [-0.39, 0.29) is 11.8 Å². The number of primary amides is 1. The van der Waals surface area contributed by atoms with E-state index in [0.29, 0.717) is 12.1 Å². The molecule has 3 nitrogen and oxygen atoms in total. The van der Waals surface area contributed by atoms with Crippen LogP contribution in [0.1, 0.15) is 38.2 Å². The van der Waals surface area contributed by atoms with Crippen LogP contribution in [-0.4, -0.2) is 18.0 Å². The van der Waals surface area contributed by atoms with Crippen molar-refractivity contribution in [1.29, 1.82) is 0 Å². The first-order valence-corrected chi connectivity index (χ1v) is 8.13. The summed E-state index contributed by atoms with van der Waals surface area (Å²) >= 11 is 3.46. The summed E-state index contributed by atoms with van der Waals surface area (Å²) < 4.78 is 1.12. The van der Waals surface area contributed by atoms with E-state index in [0.717, 1.165) is 36.6 Å². The molecule has 2 rings (SSSR count). The van der Waals surface area contributed by atoms with Crippen LogP contribution in [0.5, 0.6) is 0 Å². The first-order chi connectivity index (χ1) is 9.54. The molecule has 0 radical (unpaired) electrons. The quantitative estimate of drug-likeness (QED) is 0.866. The lowest BCUT2D eigenvalue weighted by atomic mass is 9.85. The van der Waals surface area contributed by atoms with Gasteiger partial charge in [-0.25, -0.2) is 0 Å². The normalized spacial score (nSPS) is 24.3. The maximum absolute atomic E-state index is 11.1. The van der Waals surface area contributed by atoms with Crippen molar-refractivity contribution in [3.63, 3.8) is 0 Å². The fourth-order valence-corrected chi connectivity index (χ4v) is 3.24. The lowest BCUT2D eigenvalue weighted by molar-refractivity contribution is -0.122. The molecule has 1 saturated carbocycles. The number of nitrogens with two attached hydrogens (primary N) is 1. The van der Waals surface area contributed by atoms with Gasteiger partial charge >= 0.3 is 0 Å². The molecule has 0 heterocycles. The number of hydrogen-bond donors (Lipinski definition) is 2. The van der Waals surface area contributed by atoms with Gasteiger partial charge < -0.3 is 11.1 Å². The molecular formula is C16H23BrN2O. The predicted molar refractivity (Wildman–Crippen MR) is 85.4 cm³/mol. The van der Waals surface area contributed by atoms with Crippen molar-refractivity contribution in [3.05, 3.63) is 34.3 Å². The molecule has 20 heavy (non-hydrogen) atoms. The third-order valence-corrected chi connectivity index (χ3v) is 4.63. The maximum atomic E-state index is 11.1. The van der Waals surface area contributed by atoms with E-state index >= 15 is 0 Å². The first-order valence-electron chi connectivity index (χ1n) is 7.34. The molecule has 1 aromatic rings. The van der Waals surface area contributed by atoms with Crippen LogP contribution in [0.2, 0.25) is 0 Å². The average Bonchev–Trinajstić information content (AvgIpc) is 2.42. The van der Waals surface area contributed by atoms with Crippen molar-refractivity contribution in [1.82, 2.24) is 5.32 Å². The fourth-order valence-electron chi connectivity index (χ4n) is 2.98. The first kappa shape index (κ1) is 15.5. The standard InChI is InChI=1S/C16H23BrN2O/c1-11(10-12-2-6-14(17)7-3-12)19-15-8-4-13(5-9-15)16(18)20/h2-3,6-7,11,13,15,19H,4-5,8-10H2,1H3,(H2,18,20). The minimum absolute atomic E-state index is 0.0924. The second-order valence-electron chi connectivity index (χ2n) is 5.85. The highest BCUT2D eigenvalue weighted by molar-refractivity contribution is 9.10. The lowest BCUT2D eigenvalue weighted by Gasteiger charge is -2.30. The van der Waals surface area contributed by atoms with Gasteiger partial charge in [-0.2, -0.15) is 0 Å². The van der Waals surface area contributed by atoms with Crippen LogP contribution in [0.15, 0.2) is 28.7 Å². The van der Waals surface area contributed by atoms with Crippen LogP contribution in [0.3, 0.4) is 0 Å². The van der Waals surface area contributed by atoms with Crippen molar-refractivity contribution in [2.45, 2.75) is 51.1 Å². The summed E-state index contributed by atoms with van der Waals surface area (Å²) in [5.74, 6) is -0.0406. The van der Waals surface area contributed by atoms with Crippen molar-refractivity contribution in [3.8, 4) is 0 Å². The van der Waals surface area contributed by atoms with E-state index in [1.807, 2.05) is 0 Å². The van der Waals surface area contributed by atoms with Crippen molar-refractivity contribution in [2.75, 3.05) is 0 Å². The van der Waals surface area contributed by atoms with Crippen LogP contribution in [0.25, 0.3) is 0 Å². The molecule has 0 aliphatic heterocycles. The number of nitrogens with one attached hydrogen (secondary N) is 1. The van der Waals surface area contributed by atoms with Gasteiger partial charge in [0.1, 0.15) is 0 Å². The van der Waals surface area contributed by atoms with Gasteiger partial charge in [0.25, 0.3) is 0 Å². The zero-order chi connectivity index (χ0) is 14.5. The fraction of sp³-hybridized carbons (Fsp3) is 0.562. The maximum Gasteiger partial charge on any atom is 0.220 e. The summed E-state index contributed by atoms with van der Waals surface area (Å²) in [4.78, 5) is 11.1. The van der Waals surface area contributed by atoms with Crippen LogP contribution < -0.4 is 11.1 Å². The van der Waals surface area contributed by atoms with Crippen molar-refractivity contribution >= 4 is 21.8 Å². The SMILES string of the molecule is CC(Cc1ccc(Br)cc1)NC1CCC(C(N)=O)CC1. The van der Waals surface area contributed by atoms with E-state index in [4.69, 9.17) is 5.73 Å². The molecule has 3 N–H and O–H groups in total. The molecule has 1 unspecified atom stereocenters. The molecule has 0 spiro atoms. The number of hydrogen-bond acceptors (Lipinski definition) is 2. The summed E-state index contributed by atoms with van der Waals surface area (Å²) in [5.41, 5.74) is 6.71. The van der Waals surface area contributed by atoms with E-state index in [1.54, 1.807) is 0 Å². The Kier molecular flexibility index (Phi) is 5.61. The van der Waals surface area contributed by atoms with Gasteiger partial charge in [-0.3, -0.25) is 4.79 Å². The average molecular weight is 339 g/mol. The van der Waals surface area contributed by atoms with Crippen LogP contribution >= 0.6 is 15.9 Å². The minimum Gasteiger partial charge on any atom is -0.369 e. The molecular weight excluding hydrogens is 316 g/mol. The largest absolute Gasteiger partial charge is 0.369 e. The van der Waals surface area contributed by atoms with Gasteiger partial charge in [0.15, 0.2) is 0 Å². The Balaban J connectivity index is 1.76. The summed E-state index contributed by atoms with van der Waals surface area (Å²) in [6, 6.07) is 9.46. The highest BCUT2D eigenvalue weighted by atomic mass is 79.9. The Hall–Kier alpha value is -0.870. The molecule has 1 aliphatic carbocycles. The second-order valence-corrected chi connectivity index (χ2v) is 6.76. The highest BCUT2D eigenvalue weighted by Gasteiger charge is 2.25. The molecule has 1 fully saturated rings. The Labute approximate surface area is 129 Å². The Morgan fingerprint density at radius 3 is 2.45 bits per heavy atom. The summed E-state index contributed by atoms with van der Waals surface area (Å²) in [6.45, 7) is 2.22. The van der Waals surface area contributed by atoms with Gasteiger partial charge in [-0.1, -0.05) is 28.1 Å². The molecule has 1 aromatic carbocycles.